The van der Waals surface area contributed by atoms with E-state index in [2.05, 4.69) is 48.5 Å². The van der Waals surface area contributed by atoms with Gasteiger partial charge in [0.05, 0.1) is 5.56 Å². The van der Waals surface area contributed by atoms with Crippen LogP contribution in [-0.4, -0.2) is 5.97 Å². The lowest BCUT2D eigenvalue weighted by Crippen LogP contribution is -2.17. The zero-order valence-electron chi connectivity index (χ0n) is 16.3. The standard InChI is InChI=1S/C27H19ClO2/c28-20-12-9-18(10-13-20)27(29)30-24-6-2-5-21-22-14-11-17-4-1-3-16-7-8-19(15-23(21)24)26(22)25(16)17/h1,3-4,7-15,24H,2,5-6H2. The number of carbonyl (C=O) groups excluding carboxylic acids is 1. The zero-order chi connectivity index (χ0) is 20.2. The second-order valence-corrected chi connectivity index (χ2v) is 8.53. The van der Waals surface area contributed by atoms with Crippen LogP contribution in [0.25, 0.3) is 32.3 Å². The summed E-state index contributed by atoms with van der Waals surface area (Å²) < 4.78 is 5.99. The van der Waals surface area contributed by atoms with Crippen molar-refractivity contribution in [2.75, 3.05) is 0 Å². The first kappa shape index (κ1) is 17.7. The first-order valence-electron chi connectivity index (χ1n) is 10.3. The number of fused-ring (bicyclic) bond motifs is 2. The highest BCUT2D eigenvalue weighted by Crippen LogP contribution is 2.43. The highest BCUT2D eigenvalue weighted by atomic mass is 35.5. The second-order valence-electron chi connectivity index (χ2n) is 8.09. The van der Waals surface area contributed by atoms with E-state index in [4.69, 9.17) is 16.3 Å². The summed E-state index contributed by atoms with van der Waals surface area (Å²) in [5.74, 6) is -0.297. The van der Waals surface area contributed by atoms with Gasteiger partial charge >= 0.3 is 5.97 Å². The molecule has 0 amide bonds. The molecule has 0 saturated carbocycles. The number of aryl methyl sites for hydroxylation is 1. The van der Waals surface area contributed by atoms with Crippen LogP contribution in [0.5, 0.6) is 0 Å². The van der Waals surface area contributed by atoms with Crippen LogP contribution < -0.4 is 0 Å². The van der Waals surface area contributed by atoms with Crippen molar-refractivity contribution in [3.63, 3.8) is 0 Å². The molecular formula is C27H19ClO2. The van der Waals surface area contributed by atoms with Crippen LogP contribution in [0, 0.1) is 0 Å². The SMILES string of the molecule is O=C(OC1CCCc2c1cc1ccc3cccc4ccc2c1c34)c1ccc(Cl)cc1. The molecule has 6 rings (SSSR count). The highest BCUT2D eigenvalue weighted by Gasteiger charge is 2.27. The molecule has 30 heavy (non-hydrogen) atoms. The largest absolute Gasteiger partial charge is 0.454 e. The van der Waals surface area contributed by atoms with Crippen LogP contribution in [0.4, 0.5) is 0 Å². The van der Waals surface area contributed by atoms with E-state index < -0.39 is 0 Å². The molecule has 2 nitrogen and oxygen atoms in total. The number of esters is 1. The van der Waals surface area contributed by atoms with Crippen LogP contribution in [0.1, 0.15) is 40.4 Å². The molecule has 146 valence electrons. The van der Waals surface area contributed by atoms with E-state index >= 15 is 0 Å². The number of hydrogen-bond acceptors (Lipinski definition) is 2. The van der Waals surface area contributed by atoms with E-state index in [1.54, 1.807) is 24.3 Å². The van der Waals surface area contributed by atoms with Crippen LogP contribution in [-0.2, 0) is 11.2 Å². The van der Waals surface area contributed by atoms with Gasteiger partial charge in [-0.2, -0.15) is 0 Å². The van der Waals surface area contributed by atoms with Crippen LogP contribution in [0.2, 0.25) is 5.02 Å². The summed E-state index contributed by atoms with van der Waals surface area (Å²) in [6.07, 6.45) is 2.65. The average Bonchev–Trinajstić information content (AvgIpc) is 2.78. The topological polar surface area (TPSA) is 26.3 Å². The zero-order valence-corrected chi connectivity index (χ0v) is 17.1. The fraction of sp³-hybridized carbons (Fsp3) is 0.148. The second kappa shape index (κ2) is 6.72. The van der Waals surface area contributed by atoms with Crippen molar-refractivity contribution in [3.8, 4) is 0 Å². The number of rotatable bonds is 2. The summed E-state index contributed by atoms with van der Waals surface area (Å²) in [5, 5.41) is 8.31. The van der Waals surface area contributed by atoms with Crippen molar-refractivity contribution in [3.05, 3.63) is 94.5 Å². The molecule has 0 bridgehead atoms. The minimum Gasteiger partial charge on any atom is -0.454 e. The van der Waals surface area contributed by atoms with Gasteiger partial charge in [0, 0.05) is 5.02 Å². The van der Waals surface area contributed by atoms with Crippen LogP contribution in [0.15, 0.2) is 72.8 Å². The van der Waals surface area contributed by atoms with Crippen LogP contribution >= 0.6 is 11.6 Å². The fourth-order valence-corrected chi connectivity index (χ4v) is 5.11. The first-order chi connectivity index (χ1) is 14.7. The molecule has 0 radical (unpaired) electrons. The van der Waals surface area contributed by atoms with Crippen molar-refractivity contribution in [1.82, 2.24) is 0 Å². The molecule has 0 spiro atoms. The third-order valence-electron chi connectivity index (χ3n) is 6.36. The van der Waals surface area contributed by atoms with E-state index in [0.717, 1.165) is 24.8 Å². The van der Waals surface area contributed by atoms with Gasteiger partial charge < -0.3 is 4.74 Å². The minimum atomic E-state index is -0.297. The van der Waals surface area contributed by atoms with Gasteiger partial charge in [0.15, 0.2) is 0 Å². The van der Waals surface area contributed by atoms with Gasteiger partial charge in [-0.1, -0.05) is 54.1 Å². The summed E-state index contributed by atoms with van der Waals surface area (Å²) in [5.41, 5.74) is 3.00. The molecule has 0 heterocycles. The van der Waals surface area contributed by atoms with E-state index in [9.17, 15) is 4.79 Å². The third kappa shape index (κ3) is 2.68. The van der Waals surface area contributed by atoms with Gasteiger partial charge in [0.1, 0.15) is 6.10 Å². The molecule has 1 aliphatic rings. The monoisotopic (exact) mass is 410 g/mol. The number of carbonyl (C=O) groups is 1. The Labute approximate surface area is 179 Å². The number of ether oxygens (including phenoxy) is 1. The summed E-state index contributed by atoms with van der Waals surface area (Å²) in [6.45, 7) is 0. The predicted molar refractivity (Wildman–Crippen MR) is 123 cm³/mol. The number of benzene rings is 5. The summed E-state index contributed by atoms with van der Waals surface area (Å²) in [4.78, 5) is 12.8. The summed E-state index contributed by atoms with van der Waals surface area (Å²) >= 11 is 5.95. The van der Waals surface area contributed by atoms with E-state index in [1.165, 1.54) is 37.9 Å². The molecule has 0 fully saturated rings. The maximum absolute atomic E-state index is 12.8. The van der Waals surface area contributed by atoms with Gasteiger partial charge in [-0.3, -0.25) is 0 Å². The molecule has 1 atom stereocenters. The Balaban J connectivity index is 1.49. The maximum atomic E-state index is 12.8. The Kier molecular flexibility index (Phi) is 3.97. The summed E-state index contributed by atoms with van der Waals surface area (Å²) in [6, 6.07) is 24.4. The van der Waals surface area contributed by atoms with Gasteiger partial charge in [0.25, 0.3) is 0 Å². The maximum Gasteiger partial charge on any atom is 0.338 e. The minimum absolute atomic E-state index is 0.223. The molecule has 3 heteroatoms. The quantitative estimate of drug-likeness (QED) is 0.223. The number of halogens is 1. The normalized spacial score (nSPS) is 16.2. The highest BCUT2D eigenvalue weighted by molar-refractivity contribution is 6.30. The molecule has 0 saturated heterocycles. The Morgan fingerprint density at radius 3 is 2.40 bits per heavy atom. The van der Waals surface area contributed by atoms with E-state index in [1.807, 2.05) is 0 Å². The molecule has 5 aromatic rings. The average molecular weight is 411 g/mol. The first-order valence-corrected chi connectivity index (χ1v) is 10.7. The molecule has 5 aromatic carbocycles. The van der Waals surface area contributed by atoms with Gasteiger partial charge in [-0.05, 0) is 93.0 Å². The van der Waals surface area contributed by atoms with E-state index in [-0.39, 0.29) is 12.1 Å². The van der Waals surface area contributed by atoms with Crippen molar-refractivity contribution < 1.29 is 9.53 Å². The molecule has 1 unspecified atom stereocenters. The van der Waals surface area contributed by atoms with Crippen LogP contribution in [0.3, 0.4) is 0 Å². The Morgan fingerprint density at radius 2 is 1.60 bits per heavy atom. The third-order valence-corrected chi connectivity index (χ3v) is 6.61. The molecular weight excluding hydrogens is 392 g/mol. The fourth-order valence-electron chi connectivity index (χ4n) is 4.98. The van der Waals surface area contributed by atoms with Crippen molar-refractivity contribution >= 4 is 49.9 Å². The Hall–Kier alpha value is -3.10. The van der Waals surface area contributed by atoms with Gasteiger partial charge in [-0.25, -0.2) is 4.79 Å². The summed E-state index contributed by atoms with van der Waals surface area (Å²) in [7, 11) is 0. The van der Waals surface area contributed by atoms with Crippen molar-refractivity contribution in [2.45, 2.75) is 25.4 Å². The number of hydrogen-bond donors (Lipinski definition) is 0. The Bertz CT molecular complexity index is 1400. The Morgan fingerprint density at radius 1 is 0.867 bits per heavy atom. The van der Waals surface area contributed by atoms with Gasteiger partial charge in [0.2, 0.25) is 0 Å². The molecule has 1 aliphatic carbocycles. The predicted octanol–water partition coefficient (Wildman–Crippen LogP) is 7.47. The smallest absolute Gasteiger partial charge is 0.338 e. The van der Waals surface area contributed by atoms with Crippen molar-refractivity contribution in [1.29, 1.82) is 0 Å². The molecule has 0 aliphatic heterocycles. The molecule has 0 aromatic heterocycles. The van der Waals surface area contributed by atoms with E-state index in [0.29, 0.717) is 10.6 Å². The lowest BCUT2D eigenvalue weighted by molar-refractivity contribution is 0.0257. The van der Waals surface area contributed by atoms with Crippen molar-refractivity contribution in [2.24, 2.45) is 0 Å². The lowest BCUT2D eigenvalue weighted by atomic mass is 9.82. The lowest BCUT2D eigenvalue weighted by Gasteiger charge is -2.28. The molecule has 0 N–H and O–H groups in total. The van der Waals surface area contributed by atoms with Gasteiger partial charge in [-0.15, -0.1) is 0 Å².